The van der Waals surface area contributed by atoms with Gasteiger partial charge in [0.05, 0.1) is 5.30 Å². The van der Waals surface area contributed by atoms with Gasteiger partial charge in [-0.05, 0) is 35.2 Å². The van der Waals surface area contributed by atoms with Crippen molar-refractivity contribution in [1.29, 1.82) is 0 Å². The quantitative estimate of drug-likeness (QED) is 0.234. The van der Waals surface area contributed by atoms with Crippen molar-refractivity contribution in [2.75, 3.05) is 0 Å². The van der Waals surface area contributed by atoms with E-state index >= 15 is 0 Å². The van der Waals surface area contributed by atoms with Crippen molar-refractivity contribution in [2.45, 2.75) is 12.8 Å². The zero-order valence-electron chi connectivity index (χ0n) is 17.5. The molecule has 0 aliphatic carbocycles. The van der Waals surface area contributed by atoms with Gasteiger partial charge in [-0.1, -0.05) is 78.9 Å². The number of rotatable bonds is 5. The predicted molar refractivity (Wildman–Crippen MR) is 132 cm³/mol. The lowest BCUT2D eigenvalue weighted by molar-refractivity contribution is 0.458. The minimum absolute atomic E-state index is 0.113. The van der Waals surface area contributed by atoms with Crippen molar-refractivity contribution < 1.29 is 14.7 Å². The molecule has 4 aromatic carbocycles. The van der Waals surface area contributed by atoms with Crippen LogP contribution in [0.15, 0.2) is 97.6 Å². The Bertz CT molecular complexity index is 1300. The number of fused-ring (bicyclic) bond motifs is 3. The second-order valence-corrected chi connectivity index (χ2v) is 9.56. The molecule has 5 rings (SSSR count). The Morgan fingerprint density at radius 1 is 0.781 bits per heavy atom. The van der Waals surface area contributed by atoms with Crippen molar-refractivity contribution in [2.24, 2.45) is 0 Å². The molecule has 4 heteroatoms. The Morgan fingerprint density at radius 2 is 1.53 bits per heavy atom. The van der Waals surface area contributed by atoms with Crippen LogP contribution in [0, 0.1) is 0 Å². The van der Waals surface area contributed by atoms with Gasteiger partial charge >= 0.3 is 0 Å². The van der Waals surface area contributed by atoms with Crippen molar-refractivity contribution in [3.63, 3.8) is 0 Å². The Labute approximate surface area is 189 Å². The summed E-state index contributed by atoms with van der Waals surface area (Å²) in [6, 6.07) is 27.9. The standard InChI is InChI=1S/C28H23O3P/c1-2-9-20-17-22(29)18-26(27(20)30)32-25-15-7-6-13-23(25)24-14-8-12-21(28(24)31-32)16-19-10-4-3-5-11-19/h2-8,10-15,17-18,29-30H,1,9,16H2. The van der Waals surface area contributed by atoms with Crippen molar-refractivity contribution in [3.8, 4) is 28.4 Å². The zero-order chi connectivity index (χ0) is 22.1. The van der Waals surface area contributed by atoms with Gasteiger partial charge in [0.15, 0.2) is 8.15 Å². The molecule has 0 fully saturated rings. The van der Waals surface area contributed by atoms with E-state index in [2.05, 4.69) is 43.0 Å². The summed E-state index contributed by atoms with van der Waals surface area (Å²) in [7, 11) is -1.37. The predicted octanol–water partition coefficient (Wildman–Crippen LogP) is 5.82. The normalized spacial score (nSPS) is 14.2. The van der Waals surface area contributed by atoms with E-state index in [0.29, 0.717) is 17.3 Å². The van der Waals surface area contributed by atoms with E-state index < -0.39 is 8.15 Å². The molecule has 2 N–H and O–H groups in total. The third-order valence-electron chi connectivity index (χ3n) is 5.67. The number of hydrogen-bond donors (Lipinski definition) is 2. The Kier molecular flexibility index (Phi) is 5.43. The molecule has 0 aromatic heterocycles. The van der Waals surface area contributed by atoms with Crippen LogP contribution in [0.5, 0.6) is 17.2 Å². The highest BCUT2D eigenvalue weighted by Gasteiger charge is 2.32. The molecule has 4 aromatic rings. The largest absolute Gasteiger partial charge is 0.508 e. The molecule has 1 atom stereocenters. The molecule has 1 unspecified atom stereocenters. The molecule has 3 nitrogen and oxygen atoms in total. The maximum atomic E-state index is 11.1. The lowest BCUT2D eigenvalue weighted by Crippen LogP contribution is -2.22. The third-order valence-corrected chi connectivity index (χ3v) is 7.64. The van der Waals surface area contributed by atoms with Gasteiger partial charge in [-0.3, -0.25) is 0 Å². The van der Waals surface area contributed by atoms with Crippen LogP contribution < -0.4 is 15.1 Å². The highest BCUT2D eigenvalue weighted by Crippen LogP contribution is 2.51. The summed E-state index contributed by atoms with van der Waals surface area (Å²) >= 11 is 0. The molecule has 32 heavy (non-hydrogen) atoms. The summed E-state index contributed by atoms with van der Waals surface area (Å²) in [5.74, 6) is 1.11. The Balaban J connectivity index is 1.67. The first kappa shape index (κ1) is 20.4. The fourth-order valence-corrected chi connectivity index (χ4v) is 6.26. The van der Waals surface area contributed by atoms with Crippen LogP contribution in [0.2, 0.25) is 0 Å². The topological polar surface area (TPSA) is 49.7 Å². The molecular weight excluding hydrogens is 415 g/mol. The first-order valence-corrected chi connectivity index (χ1v) is 11.8. The number of hydrogen-bond acceptors (Lipinski definition) is 3. The molecular formula is C28H23O3P. The maximum Gasteiger partial charge on any atom is 0.155 e. The summed E-state index contributed by atoms with van der Waals surface area (Å²) in [6.45, 7) is 3.77. The molecule has 0 saturated heterocycles. The number of aromatic hydroxyl groups is 2. The highest BCUT2D eigenvalue weighted by molar-refractivity contribution is 7.69. The number of phenolic OH excluding ortho intramolecular Hbond substituents is 2. The summed E-state index contributed by atoms with van der Waals surface area (Å²) in [4.78, 5) is 0. The monoisotopic (exact) mass is 438 g/mol. The molecule has 0 amide bonds. The fourth-order valence-electron chi connectivity index (χ4n) is 4.19. The summed E-state index contributed by atoms with van der Waals surface area (Å²) < 4.78 is 6.68. The van der Waals surface area contributed by atoms with Crippen LogP contribution >= 0.6 is 8.15 Å². The number of allylic oxidation sites excluding steroid dienone is 1. The number of phenols is 2. The van der Waals surface area contributed by atoms with E-state index in [0.717, 1.165) is 34.2 Å². The van der Waals surface area contributed by atoms with E-state index in [1.54, 1.807) is 18.2 Å². The van der Waals surface area contributed by atoms with Crippen LogP contribution in [-0.2, 0) is 12.8 Å². The van der Waals surface area contributed by atoms with Crippen LogP contribution in [0.25, 0.3) is 11.1 Å². The van der Waals surface area contributed by atoms with E-state index in [1.807, 2.05) is 36.4 Å². The molecule has 0 spiro atoms. The van der Waals surface area contributed by atoms with Gasteiger partial charge in [0.2, 0.25) is 0 Å². The van der Waals surface area contributed by atoms with Crippen LogP contribution in [-0.4, -0.2) is 10.2 Å². The number of para-hydroxylation sites is 1. The summed E-state index contributed by atoms with van der Waals surface area (Å²) in [6.07, 6.45) is 2.94. The van der Waals surface area contributed by atoms with Crippen LogP contribution in [0.1, 0.15) is 16.7 Å². The first-order valence-electron chi connectivity index (χ1n) is 10.5. The lowest BCUT2D eigenvalue weighted by Gasteiger charge is -2.30. The Hall–Kier alpha value is -3.55. The highest BCUT2D eigenvalue weighted by atomic mass is 31.1. The van der Waals surface area contributed by atoms with E-state index in [9.17, 15) is 10.2 Å². The van der Waals surface area contributed by atoms with Crippen molar-refractivity contribution >= 4 is 18.8 Å². The fraction of sp³-hybridized carbons (Fsp3) is 0.0714. The first-order chi connectivity index (χ1) is 15.7. The van der Waals surface area contributed by atoms with Gasteiger partial charge < -0.3 is 14.7 Å². The second kappa shape index (κ2) is 8.53. The lowest BCUT2D eigenvalue weighted by atomic mass is 9.97. The number of benzene rings is 4. The smallest absolute Gasteiger partial charge is 0.155 e. The van der Waals surface area contributed by atoms with E-state index in [1.165, 1.54) is 5.56 Å². The van der Waals surface area contributed by atoms with Gasteiger partial charge in [-0.2, -0.15) is 0 Å². The van der Waals surface area contributed by atoms with E-state index in [-0.39, 0.29) is 11.5 Å². The van der Waals surface area contributed by atoms with Gasteiger partial charge in [0.25, 0.3) is 0 Å². The van der Waals surface area contributed by atoms with Gasteiger partial charge in [0.1, 0.15) is 17.2 Å². The molecule has 1 heterocycles. The molecule has 0 bridgehead atoms. The summed E-state index contributed by atoms with van der Waals surface area (Å²) in [5.41, 5.74) is 5.10. The minimum atomic E-state index is -1.37. The van der Waals surface area contributed by atoms with Gasteiger partial charge in [-0.15, -0.1) is 6.58 Å². The van der Waals surface area contributed by atoms with Gasteiger partial charge in [-0.25, -0.2) is 0 Å². The average molecular weight is 438 g/mol. The molecule has 1 aliphatic rings. The summed E-state index contributed by atoms with van der Waals surface area (Å²) in [5, 5.41) is 23.1. The average Bonchev–Trinajstić information content (AvgIpc) is 2.82. The SMILES string of the molecule is C=CCc1cc(O)cc(P2Oc3c(Cc4ccccc4)cccc3-c3ccccc32)c1O. The molecule has 0 saturated carbocycles. The van der Waals surface area contributed by atoms with Crippen molar-refractivity contribution in [1.82, 2.24) is 0 Å². The molecule has 1 aliphatic heterocycles. The third kappa shape index (κ3) is 3.66. The molecule has 0 radical (unpaired) electrons. The second-order valence-electron chi connectivity index (χ2n) is 7.82. The zero-order valence-corrected chi connectivity index (χ0v) is 18.4. The van der Waals surface area contributed by atoms with E-state index in [4.69, 9.17) is 4.52 Å². The molecule has 158 valence electrons. The minimum Gasteiger partial charge on any atom is -0.508 e. The Morgan fingerprint density at radius 3 is 2.34 bits per heavy atom. The van der Waals surface area contributed by atoms with Crippen LogP contribution in [0.3, 0.4) is 0 Å². The van der Waals surface area contributed by atoms with Crippen LogP contribution in [0.4, 0.5) is 0 Å². The van der Waals surface area contributed by atoms with Gasteiger partial charge in [0, 0.05) is 22.9 Å². The van der Waals surface area contributed by atoms with Crippen molar-refractivity contribution in [3.05, 3.63) is 114 Å². The maximum absolute atomic E-state index is 11.1.